The van der Waals surface area contributed by atoms with Crippen molar-refractivity contribution in [1.29, 1.82) is 0 Å². The molecular formula is C31H45NO5. The fourth-order valence-corrected chi connectivity index (χ4v) is 9.81. The van der Waals surface area contributed by atoms with E-state index in [1.54, 1.807) is 0 Å². The molecule has 4 fully saturated rings. The largest absolute Gasteiger partial charge is 0.463 e. The predicted molar refractivity (Wildman–Crippen MR) is 140 cm³/mol. The molecule has 4 aliphatic rings. The summed E-state index contributed by atoms with van der Waals surface area (Å²) in [4.78, 5) is 28.5. The lowest BCUT2D eigenvalue weighted by Gasteiger charge is -2.61. The number of aryl methyl sites for hydroxylation is 1. The van der Waals surface area contributed by atoms with Crippen LogP contribution in [0.3, 0.4) is 0 Å². The molecule has 1 aromatic heterocycles. The molecule has 204 valence electrons. The molecule has 0 spiro atoms. The van der Waals surface area contributed by atoms with Crippen molar-refractivity contribution in [2.45, 2.75) is 111 Å². The van der Waals surface area contributed by atoms with Crippen molar-refractivity contribution in [3.05, 3.63) is 29.6 Å². The maximum Gasteiger partial charge on any atom is 0.302 e. The molecule has 1 heterocycles. The highest BCUT2D eigenvalue weighted by Crippen LogP contribution is 2.69. The van der Waals surface area contributed by atoms with Gasteiger partial charge in [0, 0.05) is 26.0 Å². The maximum absolute atomic E-state index is 12.2. The van der Waals surface area contributed by atoms with E-state index in [9.17, 15) is 14.7 Å². The zero-order valence-corrected chi connectivity index (χ0v) is 23.5. The van der Waals surface area contributed by atoms with Gasteiger partial charge in [-0.05, 0) is 111 Å². The average Bonchev–Trinajstić information content (AvgIpc) is 3.11. The molecular weight excluding hydrogens is 466 g/mol. The smallest absolute Gasteiger partial charge is 0.302 e. The third kappa shape index (κ3) is 4.41. The summed E-state index contributed by atoms with van der Waals surface area (Å²) in [6, 6.07) is 3.92. The van der Waals surface area contributed by atoms with Gasteiger partial charge >= 0.3 is 11.9 Å². The van der Waals surface area contributed by atoms with Crippen molar-refractivity contribution in [3.8, 4) is 0 Å². The van der Waals surface area contributed by atoms with E-state index in [4.69, 9.17) is 9.47 Å². The van der Waals surface area contributed by atoms with Crippen molar-refractivity contribution in [1.82, 2.24) is 4.98 Å². The van der Waals surface area contributed by atoms with Crippen LogP contribution in [0, 0.1) is 47.3 Å². The number of rotatable bonds is 4. The Balaban J connectivity index is 1.45. The molecule has 0 aromatic carbocycles. The number of carbonyl (C=O) groups is 2. The van der Waals surface area contributed by atoms with E-state index in [0.717, 1.165) is 56.9 Å². The first-order valence-corrected chi connectivity index (χ1v) is 14.4. The molecule has 37 heavy (non-hydrogen) atoms. The molecule has 0 saturated heterocycles. The van der Waals surface area contributed by atoms with Crippen LogP contribution in [0.5, 0.6) is 0 Å². The monoisotopic (exact) mass is 511 g/mol. The van der Waals surface area contributed by atoms with E-state index in [1.807, 2.05) is 32.2 Å². The van der Waals surface area contributed by atoms with E-state index in [0.29, 0.717) is 29.4 Å². The summed E-state index contributed by atoms with van der Waals surface area (Å²) in [5, 5.41) is 12.1. The molecule has 0 aliphatic heterocycles. The molecule has 1 N–H and O–H groups in total. The number of nitrogens with zero attached hydrogens (tertiary/aromatic N) is 1. The molecule has 4 aliphatic carbocycles. The number of esters is 2. The van der Waals surface area contributed by atoms with Crippen molar-refractivity contribution in [2.75, 3.05) is 0 Å². The molecule has 0 radical (unpaired) electrons. The highest BCUT2D eigenvalue weighted by Gasteiger charge is 2.66. The minimum Gasteiger partial charge on any atom is -0.463 e. The Morgan fingerprint density at radius 3 is 2.32 bits per heavy atom. The van der Waals surface area contributed by atoms with Crippen LogP contribution < -0.4 is 0 Å². The number of aromatic nitrogens is 1. The Bertz CT molecular complexity index is 1040. The van der Waals surface area contributed by atoms with Crippen LogP contribution in [-0.4, -0.2) is 34.2 Å². The second-order valence-electron chi connectivity index (χ2n) is 13.4. The topological polar surface area (TPSA) is 85.7 Å². The quantitative estimate of drug-likeness (QED) is 0.520. The number of aliphatic hydroxyl groups is 1. The second kappa shape index (κ2) is 9.36. The first-order valence-electron chi connectivity index (χ1n) is 14.4. The fourth-order valence-electron chi connectivity index (χ4n) is 9.81. The highest BCUT2D eigenvalue weighted by molar-refractivity contribution is 5.66. The Labute approximate surface area is 221 Å². The predicted octanol–water partition coefficient (Wildman–Crippen LogP) is 5.73. The van der Waals surface area contributed by atoms with Gasteiger partial charge in [-0.2, -0.15) is 0 Å². The third-order valence-electron chi connectivity index (χ3n) is 11.3. The van der Waals surface area contributed by atoms with Crippen molar-refractivity contribution in [2.24, 2.45) is 40.4 Å². The van der Waals surface area contributed by atoms with Gasteiger partial charge in [-0.1, -0.05) is 19.9 Å². The summed E-state index contributed by atoms with van der Waals surface area (Å²) in [6.45, 7) is 11.7. The summed E-state index contributed by atoms with van der Waals surface area (Å²) in [6.07, 6.45) is 9.83. The lowest BCUT2D eigenvalue weighted by atomic mass is 9.44. The number of carbonyl (C=O) groups excluding carboxylic acids is 2. The molecule has 0 unspecified atom stereocenters. The minimum atomic E-state index is -1.20. The SMILES string of the molecule is CC(=O)O[C@H]1CC[C@@]2(C)[C@@H](CC[C@@H]3[C@@H]2CC[C@@]2(C)[C@H]3C[C@H](OC(C)=O)[C@@H]2[C@@](C)(O)c2ccc(C)cn2)C1. The van der Waals surface area contributed by atoms with Gasteiger partial charge in [0.05, 0.1) is 5.69 Å². The highest BCUT2D eigenvalue weighted by atomic mass is 16.5. The van der Waals surface area contributed by atoms with E-state index in [2.05, 4.69) is 18.8 Å². The Morgan fingerprint density at radius 2 is 1.68 bits per heavy atom. The van der Waals surface area contributed by atoms with Crippen LogP contribution in [0.2, 0.25) is 0 Å². The molecule has 0 bridgehead atoms. The number of hydrogen-bond acceptors (Lipinski definition) is 6. The van der Waals surface area contributed by atoms with Gasteiger partial charge in [0.15, 0.2) is 0 Å². The van der Waals surface area contributed by atoms with Crippen LogP contribution in [0.25, 0.3) is 0 Å². The van der Waals surface area contributed by atoms with Crippen LogP contribution in [0.1, 0.15) is 97.2 Å². The molecule has 6 nitrogen and oxygen atoms in total. The summed E-state index contributed by atoms with van der Waals surface area (Å²) in [7, 11) is 0. The van der Waals surface area contributed by atoms with Crippen LogP contribution in [0.4, 0.5) is 0 Å². The number of fused-ring (bicyclic) bond motifs is 5. The number of hydrogen-bond donors (Lipinski definition) is 1. The summed E-state index contributed by atoms with van der Waals surface area (Å²) < 4.78 is 11.6. The number of pyridine rings is 1. The molecule has 1 aromatic rings. The van der Waals surface area contributed by atoms with Gasteiger partial charge in [0.2, 0.25) is 0 Å². The Kier molecular flexibility index (Phi) is 6.74. The standard InChI is InChI=1S/C31H45NO5/c1-18-7-10-27(32-17-18)31(6,35)28-26(37-20(3)34)16-25-23-9-8-21-15-22(36-19(2)33)11-13-29(21,4)24(23)12-14-30(25,28)5/h7,10,17,21-26,28,35H,8-9,11-16H2,1-6H3/t21-,22-,23+,24-,25-,26-,28-,29-,30-,31-/m0/s1. The zero-order valence-electron chi connectivity index (χ0n) is 23.5. The fraction of sp³-hybridized carbons (Fsp3) is 0.774. The van der Waals surface area contributed by atoms with Gasteiger partial charge < -0.3 is 14.6 Å². The van der Waals surface area contributed by atoms with Crippen LogP contribution in [-0.2, 0) is 24.7 Å². The summed E-state index contributed by atoms with van der Waals surface area (Å²) in [5.74, 6) is 1.48. The van der Waals surface area contributed by atoms with Crippen LogP contribution >= 0.6 is 0 Å². The van der Waals surface area contributed by atoms with Gasteiger partial charge in [-0.15, -0.1) is 0 Å². The van der Waals surface area contributed by atoms with Gasteiger partial charge in [0.1, 0.15) is 17.8 Å². The summed E-state index contributed by atoms with van der Waals surface area (Å²) in [5.41, 5.74) is 0.615. The zero-order chi connectivity index (χ0) is 26.8. The van der Waals surface area contributed by atoms with E-state index in [1.165, 1.54) is 13.8 Å². The molecule has 0 amide bonds. The first-order chi connectivity index (χ1) is 17.4. The van der Waals surface area contributed by atoms with Crippen LogP contribution in [0.15, 0.2) is 18.3 Å². The van der Waals surface area contributed by atoms with E-state index < -0.39 is 5.60 Å². The molecule has 10 atom stereocenters. The Morgan fingerprint density at radius 1 is 0.973 bits per heavy atom. The maximum atomic E-state index is 12.2. The summed E-state index contributed by atoms with van der Waals surface area (Å²) >= 11 is 0. The molecule has 5 rings (SSSR count). The van der Waals surface area contributed by atoms with Gasteiger partial charge in [0.25, 0.3) is 0 Å². The second-order valence-corrected chi connectivity index (χ2v) is 13.4. The third-order valence-corrected chi connectivity index (χ3v) is 11.3. The van der Waals surface area contributed by atoms with Crippen molar-refractivity contribution in [3.63, 3.8) is 0 Å². The minimum absolute atomic E-state index is 0.0577. The van der Waals surface area contributed by atoms with E-state index >= 15 is 0 Å². The molecule has 4 saturated carbocycles. The van der Waals surface area contributed by atoms with Crippen molar-refractivity contribution < 1.29 is 24.2 Å². The average molecular weight is 512 g/mol. The van der Waals surface area contributed by atoms with E-state index in [-0.39, 0.29) is 40.9 Å². The Hall–Kier alpha value is -1.95. The molecule has 6 heteroatoms. The first kappa shape index (κ1) is 26.6. The van der Waals surface area contributed by atoms with Gasteiger partial charge in [-0.25, -0.2) is 0 Å². The number of ether oxygens (including phenoxy) is 2. The lowest BCUT2D eigenvalue weighted by Crippen LogP contribution is -2.55. The normalized spacial score (nSPS) is 42.5. The lowest BCUT2D eigenvalue weighted by molar-refractivity contribution is -0.171. The van der Waals surface area contributed by atoms with Crippen molar-refractivity contribution >= 4 is 11.9 Å². The van der Waals surface area contributed by atoms with Gasteiger partial charge in [-0.3, -0.25) is 14.6 Å².